The van der Waals surface area contributed by atoms with E-state index in [2.05, 4.69) is 76.4 Å². The highest BCUT2D eigenvalue weighted by atomic mass is 79.9. The summed E-state index contributed by atoms with van der Waals surface area (Å²) in [5.41, 5.74) is 2.09. The van der Waals surface area contributed by atoms with Gasteiger partial charge in [-0.15, -0.1) is 0 Å². The van der Waals surface area contributed by atoms with Crippen LogP contribution in [0.3, 0.4) is 0 Å². The highest BCUT2D eigenvalue weighted by Gasteiger charge is 2.19. The van der Waals surface area contributed by atoms with Gasteiger partial charge in [-0.25, -0.2) is 9.97 Å². The fourth-order valence-electron chi connectivity index (χ4n) is 1.93. The standard InChI is InChI=1S/C16H21BrN4/c1-10-6-11(17)8-12(7-10)19-14-9-13(18-5)20-15(21-14)16(2,3)4/h6-9H,1-5H3,(H2,18,19,20,21). The molecule has 0 saturated heterocycles. The quantitative estimate of drug-likeness (QED) is 0.848. The van der Waals surface area contributed by atoms with Crippen molar-refractivity contribution in [3.05, 3.63) is 40.1 Å². The van der Waals surface area contributed by atoms with Crippen molar-refractivity contribution in [3.8, 4) is 0 Å². The summed E-state index contributed by atoms with van der Waals surface area (Å²) in [5.74, 6) is 2.41. The summed E-state index contributed by atoms with van der Waals surface area (Å²) in [6, 6.07) is 8.10. The van der Waals surface area contributed by atoms with Crippen LogP contribution >= 0.6 is 15.9 Å². The predicted molar refractivity (Wildman–Crippen MR) is 92.4 cm³/mol. The number of hydrogen-bond acceptors (Lipinski definition) is 4. The number of aromatic nitrogens is 2. The van der Waals surface area contributed by atoms with Gasteiger partial charge in [0.2, 0.25) is 0 Å². The van der Waals surface area contributed by atoms with Crippen LogP contribution in [0.15, 0.2) is 28.7 Å². The number of halogens is 1. The molecule has 0 aliphatic rings. The van der Waals surface area contributed by atoms with E-state index in [-0.39, 0.29) is 5.41 Å². The molecule has 2 aromatic rings. The monoisotopic (exact) mass is 348 g/mol. The molecule has 21 heavy (non-hydrogen) atoms. The van der Waals surface area contributed by atoms with Crippen molar-refractivity contribution < 1.29 is 0 Å². The lowest BCUT2D eigenvalue weighted by molar-refractivity contribution is 0.547. The van der Waals surface area contributed by atoms with Crippen LogP contribution in [0.25, 0.3) is 0 Å². The summed E-state index contributed by atoms with van der Waals surface area (Å²) >= 11 is 3.52. The van der Waals surface area contributed by atoms with E-state index in [1.807, 2.05) is 19.2 Å². The van der Waals surface area contributed by atoms with Crippen molar-refractivity contribution in [3.63, 3.8) is 0 Å². The molecule has 0 atom stereocenters. The number of nitrogens with zero attached hydrogens (tertiary/aromatic N) is 2. The largest absolute Gasteiger partial charge is 0.373 e. The Bertz CT molecular complexity index is 627. The molecule has 4 nitrogen and oxygen atoms in total. The Morgan fingerprint density at radius 3 is 2.24 bits per heavy atom. The zero-order chi connectivity index (χ0) is 15.6. The van der Waals surface area contributed by atoms with Gasteiger partial charge in [-0.1, -0.05) is 36.7 Å². The fraction of sp³-hybridized carbons (Fsp3) is 0.375. The Kier molecular flexibility index (Phi) is 4.52. The molecule has 0 aliphatic heterocycles. The van der Waals surface area contributed by atoms with Crippen LogP contribution in [-0.2, 0) is 5.41 Å². The normalized spacial score (nSPS) is 11.3. The first-order valence-electron chi connectivity index (χ1n) is 6.89. The second kappa shape index (κ2) is 6.02. The van der Waals surface area contributed by atoms with Gasteiger partial charge in [0.25, 0.3) is 0 Å². The SMILES string of the molecule is CNc1cc(Nc2cc(C)cc(Br)c2)nc(C(C)(C)C)n1. The van der Waals surface area contributed by atoms with Crippen molar-refractivity contribution in [2.24, 2.45) is 0 Å². The summed E-state index contributed by atoms with van der Waals surface area (Å²) in [6.45, 7) is 8.38. The number of nitrogens with one attached hydrogen (secondary N) is 2. The molecule has 2 rings (SSSR count). The minimum atomic E-state index is -0.101. The number of anilines is 3. The maximum absolute atomic E-state index is 4.63. The van der Waals surface area contributed by atoms with Crippen molar-refractivity contribution in [1.82, 2.24) is 9.97 Å². The minimum Gasteiger partial charge on any atom is -0.373 e. The van der Waals surface area contributed by atoms with Gasteiger partial charge >= 0.3 is 0 Å². The van der Waals surface area contributed by atoms with Crippen molar-refractivity contribution >= 4 is 33.3 Å². The molecule has 0 bridgehead atoms. The Labute approximate surface area is 134 Å². The van der Waals surface area contributed by atoms with Crippen LogP contribution in [-0.4, -0.2) is 17.0 Å². The zero-order valence-corrected chi connectivity index (χ0v) is 14.7. The van der Waals surface area contributed by atoms with Gasteiger partial charge in [-0.2, -0.15) is 0 Å². The predicted octanol–water partition coefficient (Wildman–Crippen LogP) is 4.63. The molecule has 112 valence electrons. The van der Waals surface area contributed by atoms with Gasteiger partial charge < -0.3 is 10.6 Å². The van der Waals surface area contributed by atoms with Gasteiger partial charge in [0.1, 0.15) is 17.5 Å². The van der Waals surface area contributed by atoms with Gasteiger partial charge in [0.05, 0.1) is 0 Å². The third kappa shape index (κ3) is 4.17. The van der Waals surface area contributed by atoms with E-state index in [1.165, 1.54) is 5.56 Å². The van der Waals surface area contributed by atoms with E-state index >= 15 is 0 Å². The second-order valence-electron chi connectivity index (χ2n) is 6.10. The summed E-state index contributed by atoms with van der Waals surface area (Å²) in [6.07, 6.45) is 0. The molecule has 0 fully saturated rings. The maximum atomic E-state index is 4.63. The Morgan fingerprint density at radius 1 is 1.00 bits per heavy atom. The number of rotatable bonds is 3. The second-order valence-corrected chi connectivity index (χ2v) is 7.02. The third-order valence-electron chi connectivity index (χ3n) is 2.97. The molecule has 0 saturated carbocycles. The zero-order valence-electron chi connectivity index (χ0n) is 13.1. The van der Waals surface area contributed by atoms with E-state index in [0.717, 1.165) is 27.6 Å². The van der Waals surface area contributed by atoms with Crippen molar-refractivity contribution in [2.45, 2.75) is 33.1 Å². The van der Waals surface area contributed by atoms with Crippen LogP contribution in [0, 0.1) is 6.92 Å². The van der Waals surface area contributed by atoms with Gasteiger partial charge in [-0.05, 0) is 30.7 Å². The maximum Gasteiger partial charge on any atom is 0.138 e. The first kappa shape index (κ1) is 15.8. The van der Waals surface area contributed by atoms with Crippen LogP contribution in [0.2, 0.25) is 0 Å². The summed E-state index contributed by atoms with van der Waals surface area (Å²) < 4.78 is 1.05. The molecule has 1 aromatic carbocycles. The van der Waals surface area contributed by atoms with Crippen LogP contribution in [0.1, 0.15) is 32.2 Å². The van der Waals surface area contributed by atoms with Crippen molar-refractivity contribution in [1.29, 1.82) is 0 Å². The van der Waals surface area contributed by atoms with Gasteiger partial charge in [0, 0.05) is 28.7 Å². The molecule has 0 radical (unpaired) electrons. The van der Waals surface area contributed by atoms with E-state index in [1.54, 1.807) is 0 Å². The van der Waals surface area contributed by atoms with Gasteiger partial charge in [0.15, 0.2) is 0 Å². The molecule has 2 N–H and O–H groups in total. The van der Waals surface area contributed by atoms with E-state index in [9.17, 15) is 0 Å². The first-order chi connectivity index (χ1) is 9.77. The fourth-order valence-corrected chi connectivity index (χ4v) is 2.54. The molecule has 0 unspecified atom stereocenters. The smallest absolute Gasteiger partial charge is 0.138 e. The molecule has 1 aromatic heterocycles. The molecule has 0 spiro atoms. The van der Waals surface area contributed by atoms with E-state index in [4.69, 9.17) is 0 Å². The summed E-state index contributed by atoms with van der Waals surface area (Å²) in [5, 5.41) is 6.44. The third-order valence-corrected chi connectivity index (χ3v) is 3.43. The number of aryl methyl sites for hydroxylation is 1. The number of benzene rings is 1. The summed E-state index contributed by atoms with van der Waals surface area (Å²) in [7, 11) is 1.86. The molecule has 5 heteroatoms. The average molecular weight is 349 g/mol. The lowest BCUT2D eigenvalue weighted by Crippen LogP contribution is -2.17. The van der Waals surface area contributed by atoms with Gasteiger partial charge in [-0.3, -0.25) is 0 Å². The highest BCUT2D eigenvalue weighted by Crippen LogP contribution is 2.26. The molecular formula is C16H21BrN4. The average Bonchev–Trinajstić information content (AvgIpc) is 2.36. The van der Waals surface area contributed by atoms with Crippen molar-refractivity contribution in [2.75, 3.05) is 17.7 Å². The van der Waals surface area contributed by atoms with Crippen LogP contribution < -0.4 is 10.6 Å². The molecule has 0 aliphatic carbocycles. The van der Waals surface area contributed by atoms with E-state index in [0.29, 0.717) is 0 Å². The topological polar surface area (TPSA) is 49.8 Å². The first-order valence-corrected chi connectivity index (χ1v) is 7.69. The molecule has 0 amide bonds. The Hall–Kier alpha value is -1.62. The molecular weight excluding hydrogens is 328 g/mol. The van der Waals surface area contributed by atoms with Crippen LogP contribution in [0.4, 0.5) is 17.3 Å². The Balaban J connectivity index is 2.39. The lowest BCUT2D eigenvalue weighted by atomic mass is 9.96. The Morgan fingerprint density at radius 2 is 1.67 bits per heavy atom. The lowest BCUT2D eigenvalue weighted by Gasteiger charge is -2.19. The highest BCUT2D eigenvalue weighted by molar-refractivity contribution is 9.10. The van der Waals surface area contributed by atoms with Crippen LogP contribution in [0.5, 0.6) is 0 Å². The molecule has 1 heterocycles. The number of hydrogen-bond donors (Lipinski definition) is 2. The minimum absolute atomic E-state index is 0.101. The van der Waals surface area contributed by atoms with E-state index < -0.39 is 0 Å². The summed E-state index contributed by atoms with van der Waals surface area (Å²) in [4.78, 5) is 9.16.